The van der Waals surface area contributed by atoms with Crippen molar-refractivity contribution in [3.05, 3.63) is 71.1 Å². The van der Waals surface area contributed by atoms with Gasteiger partial charge in [-0.3, -0.25) is 4.79 Å². The molecule has 0 aliphatic heterocycles. The molecule has 0 saturated carbocycles. The summed E-state index contributed by atoms with van der Waals surface area (Å²) in [6.45, 7) is 1.53. The summed E-state index contributed by atoms with van der Waals surface area (Å²) in [6.07, 6.45) is 4.84. The molecule has 3 nitrogen and oxygen atoms in total. The van der Waals surface area contributed by atoms with Crippen molar-refractivity contribution in [1.29, 1.82) is 0 Å². The molecule has 1 N–H and O–H groups in total. The van der Waals surface area contributed by atoms with E-state index in [0.717, 1.165) is 34.6 Å². The van der Waals surface area contributed by atoms with Crippen LogP contribution in [0.1, 0.15) is 30.2 Å². The summed E-state index contributed by atoms with van der Waals surface area (Å²) in [5, 5.41) is 4.21. The number of aromatic nitrogens is 1. The molecule has 1 amide bonds. The molecule has 0 radical (unpaired) electrons. The number of hydrogen-bond acceptors (Lipinski definition) is 3. The molecule has 0 fully saturated rings. The average molecular weight is 435 g/mol. The van der Waals surface area contributed by atoms with Gasteiger partial charge in [0.2, 0.25) is 5.91 Å². The average Bonchev–Trinajstić information content (AvgIpc) is 3.12. The molecular weight excluding hydrogens is 412 g/mol. The Morgan fingerprint density at radius 2 is 1.73 bits per heavy atom. The predicted octanol–water partition coefficient (Wildman–Crippen LogP) is 6.89. The lowest BCUT2D eigenvalue weighted by Crippen LogP contribution is -2.05. The van der Waals surface area contributed by atoms with Crippen molar-refractivity contribution in [2.75, 3.05) is 5.32 Å². The molecule has 1 aliphatic rings. The minimum atomic E-state index is -0.0681. The maximum atomic E-state index is 11.5. The van der Waals surface area contributed by atoms with Crippen molar-refractivity contribution in [1.82, 2.24) is 4.98 Å². The van der Waals surface area contributed by atoms with Gasteiger partial charge in [0.1, 0.15) is 4.83 Å². The van der Waals surface area contributed by atoms with Gasteiger partial charge >= 0.3 is 0 Å². The van der Waals surface area contributed by atoms with Crippen molar-refractivity contribution in [2.45, 2.75) is 32.6 Å². The second-order valence-corrected chi connectivity index (χ2v) is 8.66. The van der Waals surface area contributed by atoms with Gasteiger partial charge in [-0.1, -0.05) is 42.5 Å². The Hall–Kier alpha value is -2.69. The molecular formula is C25H23ClN2OS. The summed E-state index contributed by atoms with van der Waals surface area (Å²) in [5.41, 5.74) is 6.74. The molecule has 152 valence electrons. The van der Waals surface area contributed by atoms with E-state index in [1.54, 1.807) is 0 Å². The smallest absolute Gasteiger partial charge is 0.221 e. The highest BCUT2D eigenvalue weighted by Crippen LogP contribution is 2.42. The van der Waals surface area contributed by atoms with Crippen molar-refractivity contribution >= 4 is 45.6 Å². The number of anilines is 1. The third-order valence-corrected chi connectivity index (χ3v) is 6.67. The van der Waals surface area contributed by atoms with E-state index in [-0.39, 0.29) is 18.3 Å². The van der Waals surface area contributed by atoms with E-state index in [9.17, 15) is 4.79 Å². The van der Waals surface area contributed by atoms with Gasteiger partial charge in [-0.25, -0.2) is 4.98 Å². The summed E-state index contributed by atoms with van der Waals surface area (Å²) in [5.74, 6) is -0.0681. The van der Waals surface area contributed by atoms with Crippen LogP contribution in [0, 0.1) is 0 Å². The lowest BCUT2D eigenvalue weighted by molar-refractivity contribution is -0.114. The molecule has 0 unspecified atom stereocenters. The first-order valence-corrected chi connectivity index (χ1v) is 10.9. The highest BCUT2D eigenvalue weighted by molar-refractivity contribution is 7.19. The number of benzene rings is 2. The van der Waals surface area contributed by atoms with Gasteiger partial charge in [-0.15, -0.1) is 23.7 Å². The van der Waals surface area contributed by atoms with Gasteiger partial charge in [0, 0.05) is 28.4 Å². The Bertz CT molecular complexity index is 1220. The summed E-state index contributed by atoms with van der Waals surface area (Å²) < 4.78 is 0. The van der Waals surface area contributed by atoms with Gasteiger partial charge < -0.3 is 5.32 Å². The first kappa shape index (κ1) is 20.6. The van der Waals surface area contributed by atoms with E-state index in [1.807, 2.05) is 29.5 Å². The minimum absolute atomic E-state index is 0. The Morgan fingerprint density at radius 1 is 0.967 bits per heavy atom. The van der Waals surface area contributed by atoms with Gasteiger partial charge in [0.15, 0.2) is 0 Å². The van der Waals surface area contributed by atoms with Crippen LogP contribution in [0.3, 0.4) is 0 Å². The highest BCUT2D eigenvalue weighted by atomic mass is 35.5. The number of rotatable bonds is 3. The van der Waals surface area contributed by atoms with Crippen molar-refractivity contribution < 1.29 is 4.79 Å². The predicted molar refractivity (Wildman–Crippen MR) is 129 cm³/mol. The van der Waals surface area contributed by atoms with Crippen LogP contribution in [-0.2, 0) is 17.6 Å². The quantitative estimate of drug-likeness (QED) is 0.381. The molecule has 2 aromatic carbocycles. The second kappa shape index (κ2) is 8.58. The molecule has 5 rings (SSSR count). The number of fused-ring (bicyclic) bond motifs is 3. The third kappa shape index (κ3) is 3.85. The molecule has 2 heterocycles. The van der Waals surface area contributed by atoms with Crippen LogP contribution in [-0.4, -0.2) is 10.9 Å². The fourth-order valence-corrected chi connectivity index (χ4v) is 5.50. The van der Waals surface area contributed by atoms with E-state index in [0.29, 0.717) is 0 Å². The molecule has 0 atom stereocenters. The first-order valence-electron chi connectivity index (χ1n) is 10.1. The third-order valence-electron chi connectivity index (χ3n) is 5.49. The molecule has 0 saturated heterocycles. The van der Waals surface area contributed by atoms with Gasteiger partial charge in [-0.05, 0) is 60.6 Å². The summed E-state index contributed by atoms with van der Waals surface area (Å²) in [6, 6.07) is 20.8. The molecule has 5 heteroatoms. The Morgan fingerprint density at radius 3 is 2.53 bits per heavy atom. The van der Waals surface area contributed by atoms with E-state index < -0.39 is 0 Å². The maximum absolute atomic E-state index is 11.5. The lowest BCUT2D eigenvalue weighted by atomic mass is 9.92. The fraction of sp³-hybridized carbons (Fsp3) is 0.200. The molecule has 0 bridgehead atoms. The molecule has 30 heavy (non-hydrogen) atoms. The van der Waals surface area contributed by atoms with Crippen molar-refractivity contribution in [3.8, 4) is 22.4 Å². The summed E-state index contributed by atoms with van der Waals surface area (Å²) in [4.78, 5) is 19.1. The van der Waals surface area contributed by atoms with Crippen molar-refractivity contribution in [3.63, 3.8) is 0 Å². The van der Waals surface area contributed by atoms with Crippen LogP contribution < -0.4 is 5.32 Å². The van der Waals surface area contributed by atoms with E-state index in [1.165, 1.54) is 46.7 Å². The maximum Gasteiger partial charge on any atom is 0.221 e. The van der Waals surface area contributed by atoms with Crippen LogP contribution >= 0.6 is 23.7 Å². The number of carbonyl (C=O) groups excluding carboxylic acids is 1. The SMILES string of the molecule is CC(=O)Nc1cccc(-c2cc(-c3ccccc3)c3c4c(sc3n2)CCCC4)c1.Cl. The Kier molecular flexibility index (Phi) is 5.89. The zero-order valence-corrected chi connectivity index (χ0v) is 18.4. The standard InChI is InChI=1S/C25H22N2OS.ClH/c1-16(28)26-19-11-7-10-18(14-19)22-15-21(17-8-3-2-4-9-17)24-20-12-5-6-13-23(20)29-25(24)27-22;/h2-4,7-11,14-15H,5-6,12-13H2,1H3,(H,26,28);1H. The normalized spacial score (nSPS) is 12.8. The number of nitrogens with one attached hydrogen (secondary N) is 1. The number of carbonyl (C=O) groups is 1. The molecule has 1 aliphatic carbocycles. The first-order chi connectivity index (χ1) is 14.2. The van der Waals surface area contributed by atoms with Crippen LogP contribution in [0.2, 0.25) is 0 Å². The summed E-state index contributed by atoms with van der Waals surface area (Å²) in [7, 11) is 0. The Balaban J connectivity index is 0.00000218. The van der Waals surface area contributed by atoms with Gasteiger partial charge in [0.25, 0.3) is 0 Å². The lowest BCUT2D eigenvalue weighted by Gasteiger charge is -2.13. The summed E-state index contributed by atoms with van der Waals surface area (Å²) >= 11 is 1.85. The minimum Gasteiger partial charge on any atom is -0.326 e. The molecule has 2 aromatic heterocycles. The number of halogens is 1. The van der Waals surface area contributed by atoms with E-state index >= 15 is 0 Å². The van der Waals surface area contributed by atoms with Crippen LogP contribution in [0.5, 0.6) is 0 Å². The zero-order chi connectivity index (χ0) is 19.8. The van der Waals surface area contributed by atoms with Gasteiger partial charge in [0.05, 0.1) is 5.69 Å². The van der Waals surface area contributed by atoms with Crippen molar-refractivity contribution in [2.24, 2.45) is 0 Å². The molecule has 4 aromatic rings. The monoisotopic (exact) mass is 434 g/mol. The van der Waals surface area contributed by atoms with E-state index in [2.05, 4.69) is 47.8 Å². The number of hydrogen-bond donors (Lipinski definition) is 1. The zero-order valence-electron chi connectivity index (χ0n) is 16.8. The molecule has 0 spiro atoms. The number of aryl methyl sites for hydroxylation is 2. The Labute approximate surface area is 186 Å². The van der Waals surface area contributed by atoms with Crippen LogP contribution in [0.25, 0.3) is 32.6 Å². The number of thiophene rings is 1. The number of amides is 1. The van der Waals surface area contributed by atoms with E-state index in [4.69, 9.17) is 4.98 Å². The second-order valence-electron chi connectivity index (χ2n) is 7.57. The highest BCUT2D eigenvalue weighted by Gasteiger charge is 2.21. The van der Waals surface area contributed by atoms with Crippen LogP contribution in [0.15, 0.2) is 60.7 Å². The number of nitrogens with zero attached hydrogens (tertiary/aromatic N) is 1. The fourth-order valence-electron chi connectivity index (χ4n) is 4.21. The number of pyridine rings is 1. The van der Waals surface area contributed by atoms with Crippen LogP contribution in [0.4, 0.5) is 5.69 Å². The van der Waals surface area contributed by atoms with Gasteiger partial charge in [-0.2, -0.15) is 0 Å². The largest absolute Gasteiger partial charge is 0.326 e. The topological polar surface area (TPSA) is 42.0 Å².